The SMILES string of the molecule is Cc1cc(C)cc(C(=O)Nc2ccc(-c3nc4cc(C)ccc4o3)cc2)c1. The number of aryl methyl sites for hydroxylation is 3. The molecule has 134 valence electrons. The maximum absolute atomic E-state index is 12.5. The van der Waals surface area contributed by atoms with Crippen LogP contribution in [0.3, 0.4) is 0 Å². The molecule has 0 bridgehead atoms. The molecule has 0 saturated heterocycles. The van der Waals surface area contributed by atoms with Gasteiger partial charge in [0.15, 0.2) is 5.58 Å². The van der Waals surface area contributed by atoms with Crippen LogP contribution in [-0.2, 0) is 0 Å². The van der Waals surface area contributed by atoms with Crippen LogP contribution >= 0.6 is 0 Å². The van der Waals surface area contributed by atoms with Crippen molar-refractivity contribution in [3.63, 3.8) is 0 Å². The molecular weight excluding hydrogens is 336 g/mol. The topological polar surface area (TPSA) is 55.1 Å². The summed E-state index contributed by atoms with van der Waals surface area (Å²) in [6, 6.07) is 19.3. The van der Waals surface area contributed by atoms with E-state index >= 15 is 0 Å². The van der Waals surface area contributed by atoms with Gasteiger partial charge in [0, 0.05) is 16.8 Å². The van der Waals surface area contributed by atoms with E-state index < -0.39 is 0 Å². The van der Waals surface area contributed by atoms with Crippen LogP contribution < -0.4 is 5.32 Å². The Morgan fingerprint density at radius 2 is 1.56 bits per heavy atom. The maximum Gasteiger partial charge on any atom is 0.255 e. The molecule has 1 aromatic heterocycles. The number of rotatable bonds is 3. The third-order valence-corrected chi connectivity index (χ3v) is 4.42. The predicted molar refractivity (Wildman–Crippen MR) is 108 cm³/mol. The second-order valence-electron chi connectivity index (χ2n) is 6.90. The average molecular weight is 356 g/mol. The van der Waals surface area contributed by atoms with Gasteiger partial charge in [-0.15, -0.1) is 0 Å². The molecule has 0 radical (unpaired) electrons. The molecule has 0 saturated carbocycles. The zero-order chi connectivity index (χ0) is 19.0. The minimum atomic E-state index is -0.119. The molecule has 4 rings (SSSR count). The van der Waals surface area contributed by atoms with Crippen LogP contribution in [0.15, 0.2) is 65.1 Å². The van der Waals surface area contributed by atoms with Gasteiger partial charge in [-0.1, -0.05) is 23.3 Å². The molecule has 0 aliphatic rings. The highest BCUT2D eigenvalue weighted by atomic mass is 16.3. The molecule has 0 spiro atoms. The molecule has 0 unspecified atom stereocenters. The van der Waals surface area contributed by atoms with E-state index in [0.29, 0.717) is 11.5 Å². The number of nitrogens with zero attached hydrogens (tertiary/aromatic N) is 1. The van der Waals surface area contributed by atoms with Gasteiger partial charge in [-0.2, -0.15) is 0 Å². The molecule has 0 atom stereocenters. The minimum absolute atomic E-state index is 0.119. The first-order chi connectivity index (χ1) is 13.0. The van der Waals surface area contributed by atoms with Gasteiger partial charge < -0.3 is 9.73 Å². The lowest BCUT2D eigenvalue weighted by Crippen LogP contribution is -2.12. The fourth-order valence-electron chi connectivity index (χ4n) is 3.17. The van der Waals surface area contributed by atoms with Crippen LogP contribution in [0.25, 0.3) is 22.6 Å². The second kappa shape index (κ2) is 6.72. The van der Waals surface area contributed by atoms with Crippen LogP contribution in [0.5, 0.6) is 0 Å². The molecule has 1 heterocycles. The van der Waals surface area contributed by atoms with Crippen molar-refractivity contribution < 1.29 is 9.21 Å². The van der Waals surface area contributed by atoms with Gasteiger partial charge in [0.25, 0.3) is 5.91 Å². The van der Waals surface area contributed by atoms with Gasteiger partial charge in [-0.3, -0.25) is 4.79 Å². The number of amides is 1. The van der Waals surface area contributed by atoms with Crippen molar-refractivity contribution in [2.24, 2.45) is 0 Å². The van der Waals surface area contributed by atoms with Crippen molar-refractivity contribution in [3.05, 3.63) is 82.9 Å². The number of fused-ring (bicyclic) bond motifs is 1. The minimum Gasteiger partial charge on any atom is -0.436 e. The van der Waals surface area contributed by atoms with Crippen LogP contribution in [0.2, 0.25) is 0 Å². The summed E-state index contributed by atoms with van der Waals surface area (Å²) in [5.74, 6) is 0.453. The largest absolute Gasteiger partial charge is 0.436 e. The molecule has 0 fully saturated rings. The summed E-state index contributed by atoms with van der Waals surface area (Å²) in [7, 11) is 0. The Labute approximate surface area is 157 Å². The number of anilines is 1. The quantitative estimate of drug-likeness (QED) is 0.514. The van der Waals surface area contributed by atoms with E-state index in [0.717, 1.165) is 39.0 Å². The Hall–Kier alpha value is -3.40. The summed E-state index contributed by atoms with van der Waals surface area (Å²) in [5.41, 5.74) is 7.16. The van der Waals surface area contributed by atoms with Crippen LogP contribution in [0.4, 0.5) is 5.69 Å². The number of nitrogens with one attached hydrogen (secondary N) is 1. The number of oxazole rings is 1. The number of benzene rings is 3. The summed E-state index contributed by atoms with van der Waals surface area (Å²) in [6.07, 6.45) is 0. The van der Waals surface area contributed by atoms with Crippen molar-refractivity contribution in [1.29, 1.82) is 0 Å². The molecule has 0 aliphatic carbocycles. The van der Waals surface area contributed by atoms with Crippen molar-refractivity contribution in [3.8, 4) is 11.5 Å². The van der Waals surface area contributed by atoms with Gasteiger partial charge in [0.05, 0.1) is 0 Å². The normalized spacial score (nSPS) is 10.9. The lowest BCUT2D eigenvalue weighted by molar-refractivity contribution is 0.102. The van der Waals surface area contributed by atoms with Gasteiger partial charge >= 0.3 is 0 Å². The van der Waals surface area contributed by atoms with E-state index in [2.05, 4.69) is 10.3 Å². The highest BCUT2D eigenvalue weighted by Gasteiger charge is 2.10. The van der Waals surface area contributed by atoms with E-state index in [1.165, 1.54) is 0 Å². The molecule has 4 aromatic rings. The summed E-state index contributed by atoms with van der Waals surface area (Å²) in [6.45, 7) is 6.00. The van der Waals surface area contributed by atoms with Crippen molar-refractivity contribution in [1.82, 2.24) is 4.98 Å². The van der Waals surface area contributed by atoms with E-state index in [9.17, 15) is 4.79 Å². The standard InChI is InChI=1S/C23H20N2O2/c1-14-4-9-21-20(13-14)25-23(27-21)17-5-7-19(8-6-17)24-22(26)18-11-15(2)10-16(3)12-18/h4-13H,1-3H3,(H,24,26). The molecule has 1 N–H and O–H groups in total. The zero-order valence-electron chi connectivity index (χ0n) is 15.5. The van der Waals surface area contributed by atoms with Gasteiger partial charge in [-0.05, 0) is 74.9 Å². The summed E-state index contributed by atoms with van der Waals surface area (Å²) in [4.78, 5) is 17.0. The van der Waals surface area contributed by atoms with Gasteiger partial charge in [0.1, 0.15) is 5.52 Å². The molecular formula is C23H20N2O2. The lowest BCUT2D eigenvalue weighted by Gasteiger charge is -2.07. The Morgan fingerprint density at radius 1 is 0.852 bits per heavy atom. The molecule has 1 amide bonds. The number of aromatic nitrogens is 1. The molecule has 0 aliphatic heterocycles. The second-order valence-corrected chi connectivity index (χ2v) is 6.90. The third kappa shape index (κ3) is 3.60. The summed E-state index contributed by atoms with van der Waals surface area (Å²) >= 11 is 0. The first-order valence-corrected chi connectivity index (χ1v) is 8.85. The van der Waals surface area contributed by atoms with E-state index in [1.807, 2.05) is 81.4 Å². The van der Waals surface area contributed by atoms with Crippen LogP contribution in [0, 0.1) is 20.8 Å². The Balaban J connectivity index is 1.55. The van der Waals surface area contributed by atoms with E-state index in [1.54, 1.807) is 0 Å². The molecule has 4 nitrogen and oxygen atoms in total. The fraction of sp³-hybridized carbons (Fsp3) is 0.130. The van der Waals surface area contributed by atoms with Crippen LogP contribution in [0.1, 0.15) is 27.0 Å². The summed E-state index contributed by atoms with van der Waals surface area (Å²) in [5, 5.41) is 2.94. The Bertz CT molecular complexity index is 1120. The van der Waals surface area contributed by atoms with Crippen LogP contribution in [-0.4, -0.2) is 10.9 Å². The molecule has 27 heavy (non-hydrogen) atoms. The smallest absolute Gasteiger partial charge is 0.255 e. The van der Waals surface area contributed by atoms with E-state index in [-0.39, 0.29) is 5.91 Å². The monoisotopic (exact) mass is 356 g/mol. The number of carbonyl (C=O) groups excluding carboxylic acids is 1. The van der Waals surface area contributed by atoms with Crippen molar-refractivity contribution in [2.75, 3.05) is 5.32 Å². The van der Waals surface area contributed by atoms with Crippen molar-refractivity contribution in [2.45, 2.75) is 20.8 Å². The average Bonchev–Trinajstić information content (AvgIpc) is 3.04. The van der Waals surface area contributed by atoms with Gasteiger partial charge in [0.2, 0.25) is 5.89 Å². The highest BCUT2D eigenvalue weighted by molar-refractivity contribution is 6.04. The fourth-order valence-corrected chi connectivity index (χ4v) is 3.17. The molecule has 4 heteroatoms. The third-order valence-electron chi connectivity index (χ3n) is 4.42. The zero-order valence-corrected chi connectivity index (χ0v) is 15.5. The summed E-state index contributed by atoms with van der Waals surface area (Å²) < 4.78 is 5.83. The van der Waals surface area contributed by atoms with Gasteiger partial charge in [-0.25, -0.2) is 4.98 Å². The number of hydrogen-bond donors (Lipinski definition) is 1. The lowest BCUT2D eigenvalue weighted by atomic mass is 10.1. The van der Waals surface area contributed by atoms with Crippen molar-refractivity contribution >= 4 is 22.7 Å². The number of carbonyl (C=O) groups is 1. The first-order valence-electron chi connectivity index (χ1n) is 8.85. The maximum atomic E-state index is 12.5. The first kappa shape index (κ1) is 17.0. The highest BCUT2D eigenvalue weighted by Crippen LogP contribution is 2.26. The number of hydrogen-bond acceptors (Lipinski definition) is 3. The molecule has 3 aromatic carbocycles. The van der Waals surface area contributed by atoms with E-state index in [4.69, 9.17) is 4.42 Å². The predicted octanol–water partition coefficient (Wildman–Crippen LogP) is 5.67. The Kier molecular flexibility index (Phi) is 4.24. The Morgan fingerprint density at radius 3 is 2.26 bits per heavy atom.